The lowest BCUT2D eigenvalue weighted by atomic mass is 10.1. The van der Waals surface area contributed by atoms with Gasteiger partial charge >= 0.3 is 0 Å². The average molecular weight is 219 g/mol. The van der Waals surface area contributed by atoms with E-state index in [1.807, 2.05) is 6.92 Å². The minimum absolute atomic E-state index is 0.0204. The Balaban J connectivity index is 2.76. The second kappa shape index (κ2) is 5.95. The summed E-state index contributed by atoms with van der Waals surface area (Å²) in [5, 5.41) is 12.6. The summed E-state index contributed by atoms with van der Waals surface area (Å²) in [6, 6.07) is 6.55. The van der Waals surface area contributed by atoms with Crippen molar-refractivity contribution in [2.45, 2.75) is 20.3 Å². The van der Waals surface area contributed by atoms with E-state index >= 15 is 0 Å². The van der Waals surface area contributed by atoms with Crippen LogP contribution >= 0.6 is 0 Å². The minimum Gasteiger partial charge on any atom is -0.507 e. The molecule has 3 heteroatoms. The van der Waals surface area contributed by atoms with Gasteiger partial charge in [0.25, 0.3) is 0 Å². The van der Waals surface area contributed by atoms with Crippen molar-refractivity contribution in [2.24, 2.45) is 0 Å². The van der Waals surface area contributed by atoms with E-state index in [2.05, 4.69) is 12.2 Å². The molecule has 3 nitrogen and oxygen atoms in total. The van der Waals surface area contributed by atoms with E-state index in [0.29, 0.717) is 5.56 Å². The number of nitrogens with one attached hydrogen (secondary N) is 1. The number of benzene rings is 1. The number of carbonyl (C=O) groups is 1. The van der Waals surface area contributed by atoms with E-state index in [4.69, 9.17) is 0 Å². The molecule has 2 N–H and O–H groups in total. The summed E-state index contributed by atoms with van der Waals surface area (Å²) in [5.41, 5.74) is 1.15. The van der Waals surface area contributed by atoms with Gasteiger partial charge in [-0.25, -0.2) is 0 Å². The van der Waals surface area contributed by atoms with Gasteiger partial charge in [-0.05, 0) is 25.5 Å². The third kappa shape index (κ3) is 3.42. The monoisotopic (exact) mass is 219 g/mol. The molecule has 0 aromatic heterocycles. The van der Waals surface area contributed by atoms with Gasteiger partial charge in [0.05, 0.1) is 5.56 Å². The molecular formula is C13H17NO2. The predicted octanol–water partition coefficient (Wildman–Crippen LogP) is 2.48. The first-order valence-electron chi connectivity index (χ1n) is 5.39. The average Bonchev–Trinajstić information content (AvgIpc) is 2.26. The topological polar surface area (TPSA) is 49.3 Å². The number of ketones is 1. The van der Waals surface area contributed by atoms with Crippen LogP contribution in [-0.4, -0.2) is 17.4 Å². The number of hydrogen-bond donors (Lipinski definition) is 2. The summed E-state index contributed by atoms with van der Waals surface area (Å²) in [5.74, 6) is -0.161. The highest BCUT2D eigenvalue weighted by atomic mass is 16.3. The highest BCUT2D eigenvalue weighted by Gasteiger charge is 2.07. The lowest BCUT2D eigenvalue weighted by Gasteiger charge is -2.04. The van der Waals surface area contributed by atoms with Gasteiger partial charge in [0.1, 0.15) is 5.75 Å². The maximum absolute atomic E-state index is 11.8. The summed E-state index contributed by atoms with van der Waals surface area (Å²) in [7, 11) is 0. The van der Waals surface area contributed by atoms with Crippen molar-refractivity contribution in [1.29, 1.82) is 0 Å². The van der Waals surface area contributed by atoms with Crippen molar-refractivity contribution < 1.29 is 9.90 Å². The van der Waals surface area contributed by atoms with Crippen molar-refractivity contribution in [2.75, 3.05) is 6.54 Å². The molecule has 0 heterocycles. The molecule has 0 saturated carbocycles. The maximum Gasteiger partial charge on any atom is 0.191 e. The fourth-order valence-electron chi connectivity index (χ4n) is 1.33. The van der Waals surface area contributed by atoms with Crippen molar-refractivity contribution in [3.05, 3.63) is 41.6 Å². The number of allylic oxidation sites excluding steroid dienone is 2. The number of carbonyl (C=O) groups excluding carboxylic acids is 1. The number of rotatable bonds is 5. The molecule has 0 atom stereocenters. The second-order valence-corrected chi connectivity index (χ2v) is 3.64. The van der Waals surface area contributed by atoms with Crippen LogP contribution in [0.15, 0.2) is 36.0 Å². The van der Waals surface area contributed by atoms with E-state index in [0.717, 1.165) is 18.7 Å². The molecule has 0 saturated heterocycles. The Hall–Kier alpha value is -1.77. The molecule has 0 fully saturated rings. The molecule has 0 aliphatic carbocycles. The highest BCUT2D eigenvalue weighted by molar-refractivity contribution is 6.06. The zero-order valence-corrected chi connectivity index (χ0v) is 9.66. The molecule has 86 valence electrons. The molecular weight excluding hydrogens is 202 g/mol. The van der Waals surface area contributed by atoms with Gasteiger partial charge < -0.3 is 10.4 Å². The van der Waals surface area contributed by atoms with Gasteiger partial charge in [0, 0.05) is 18.3 Å². The molecule has 0 aliphatic rings. The van der Waals surface area contributed by atoms with Crippen LogP contribution in [0.5, 0.6) is 5.75 Å². The molecule has 1 aromatic carbocycles. The Kier molecular flexibility index (Phi) is 4.58. The standard InChI is InChI=1S/C13H17NO2/c1-3-8-14-10(2)9-13(16)11-6-4-5-7-12(11)15/h4-7,9,14-15H,3,8H2,1-2H3/b10-9+. The SMILES string of the molecule is CCCN/C(C)=C/C(=O)c1ccccc1O. The Labute approximate surface area is 95.8 Å². The zero-order valence-electron chi connectivity index (χ0n) is 9.66. The first-order chi connectivity index (χ1) is 7.65. The van der Waals surface area contributed by atoms with E-state index in [1.165, 1.54) is 12.1 Å². The Morgan fingerprint density at radius 1 is 1.44 bits per heavy atom. The Morgan fingerprint density at radius 2 is 2.12 bits per heavy atom. The third-order valence-corrected chi connectivity index (χ3v) is 2.17. The lowest BCUT2D eigenvalue weighted by molar-refractivity contribution is 0.104. The molecule has 1 rings (SSSR count). The van der Waals surface area contributed by atoms with Gasteiger partial charge in [-0.1, -0.05) is 19.1 Å². The molecule has 0 amide bonds. The van der Waals surface area contributed by atoms with Crippen LogP contribution in [0.3, 0.4) is 0 Å². The summed E-state index contributed by atoms with van der Waals surface area (Å²) in [6.07, 6.45) is 2.51. The van der Waals surface area contributed by atoms with Crippen molar-refractivity contribution in [1.82, 2.24) is 5.32 Å². The minimum atomic E-state index is -0.181. The summed E-state index contributed by atoms with van der Waals surface area (Å²) in [6.45, 7) is 4.75. The zero-order chi connectivity index (χ0) is 12.0. The molecule has 1 aromatic rings. The van der Waals surface area contributed by atoms with Gasteiger partial charge in [-0.2, -0.15) is 0 Å². The van der Waals surface area contributed by atoms with Gasteiger partial charge in [0.15, 0.2) is 5.78 Å². The van der Waals surface area contributed by atoms with Crippen LogP contribution in [0, 0.1) is 0 Å². The van der Waals surface area contributed by atoms with Gasteiger partial charge in [-0.3, -0.25) is 4.79 Å². The van der Waals surface area contributed by atoms with Crippen molar-refractivity contribution >= 4 is 5.78 Å². The first-order valence-corrected chi connectivity index (χ1v) is 5.39. The number of phenols is 1. The van der Waals surface area contributed by atoms with Crippen LogP contribution in [0.25, 0.3) is 0 Å². The predicted molar refractivity (Wildman–Crippen MR) is 64.5 cm³/mol. The van der Waals surface area contributed by atoms with Crippen LogP contribution in [-0.2, 0) is 0 Å². The van der Waals surface area contributed by atoms with Crippen LogP contribution in [0.4, 0.5) is 0 Å². The molecule has 0 bridgehead atoms. The highest BCUT2D eigenvalue weighted by Crippen LogP contribution is 2.16. The maximum atomic E-state index is 11.8. The lowest BCUT2D eigenvalue weighted by Crippen LogP contribution is -2.13. The molecule has 0 aliphatic heterocycles. The Morgan fingerprint density at radius 3 is 2.75 bits per heavy atom. The van der Waals surface area contributed by atoms with E-state index in [-0.39, 0.29) is 11.5 Å². The second-order valence-electron chi connectivity index (χ2n) is 3.64. The molecule has 0 unspecified atom stereocenters. The van der Waals surface area contributed by atoms with Gasteiger partial charge in [-0.15, -0.1) is 0 Å². The fourth-order valence-corrected chi connectivity index (χ4v) is 1.33. The quantitative estimate of drug-likeness (QED) is 0.591. The summed E-state index contributed by atoms with van der Waals surface area (Å²) >= 11 is 0. The van der Waals surface area contributed by atoms with E-state index < -0.39 is 0 Å². The summed E-state index contributed by atoms with van der Waals surface area (Å²) < 4.78 is 0. The normalized spacial score (nSPS) is 11.2. The smallest absolute Gasteiger partial charge is 0.191 e. The van der Waals surface area contributed by atoms with E-state index in [1.54, 1.807) is 18.2 Å². The Bertz CT molecular complexity index is 397. The number of phenolic OH excluding ortho intramolecular Hbond substituents is 1. The number of para-hydroxylation sites is 1. The van der Waals surface area contributed by atoms with Crippen LogP contribution in [0.1, 0.15) is 30.6 Å². The third-order valence-electron chi connectivity index (χ3n) is 2.17. The molecule has 0 radical (unpaired) electrons. The largest absolute Gasteiger partial charge is 0.507 e. The molecule has 16 heavy (non-hydrogen) atoms. The number of aromatic hydroxyl groups is 1. The first kappa shape index (κ1) is 12.3. The fraction of sp³-hybridized carbons (Fsp3) is 0.308. The van der Waals surface area contributed by atoms with E-state index in [9.17, 15) is 9.90 Å². The summed E-state index contributed by atoms with van der Waals surface area (Å²) in [4.78, 5) is 11.8. The van der Waals surface area contributed by atoms with Crippen molar-refractivity contribution in [3.8, 4) is 5.75 Å². The van der Waals surface area contributed by atoms with Crippen LogP contribution < -0.4 is 5.32 Å². The van der Waals surface area contributed by atoms with Gasteiger partial charge in [0.2, 0.25) is 0 Å². The van der Waals surface area contributed by atoms with Crippen LogP contribution in [0.2, 0.25) is 0 Å². The molecule has 0 spiro atoms. The number of hydrogen-bond acceptors (Lipinski definition) is 3. The van der Waals surface area contributed by atoms with Crippen molar-refractivity contribution in [3.63, 3.8) is 0 Å².